The Kier molecular flexibility index (Phi) is 4.59. The van der Waals surface area contributed by atoms with Crippen LogP contribution in [0.5, 0.6) is 0 Å². The maximum atomic E-state index is 10.2. The molecule has 1 rings (SSSR count). The van der Waals surface area contributed by atoms with Crippen molar-refractivity contribution in [2.45, 2.75) is 32.5 Å². The second-order valence-electron chi connectivity index (χ2n) is 3.69. The highest BCUT2D eigenvalue weighted by molar-refractivity contribution is 5.67. The molecule has 7 nitrogen and oxygen atoms in total. The van der Waals surface area contributed by atoms with Crippen molar-refractivity contribution in [3.8, 4) is 0 Å². The topological polar surface area (TPSA) is 94.7 Å². The third-order valence-electron chi connectivity index (χ3n) is 2.52. The zero-order chi connectivity index (χ0) is 12.9. The molecule has 0 amide bonds. The Bertz CT molecular complexity index is 373. The highest BCUT2D eigenvalue weighted by atomic mass is 16.5. The van der Waals surface area contributed by atoms with Crippen molar-refractivity contribution in [1.29, 1.82) is 0 Å². The minimum absolute atomic E-state index is 0.0250. The predicted molar refractivity (Wildman–Crippen MR) is 56.2 cm³/mol. The summed E-state index contributed by atoms with van der Waals surface area (Å²) in [6, 6.07) is 0. The first-order valence-electron chi connectivity index (χ1n) is 5.19. The van der Waals surface area contributed by atoms with E-state index in [0.717, 1.165) is 0 Å². The fraction of sp³-hybridized carbons (Fsp3) is 0.700. The summed E-state index contributed by atoms with van der Waals surface area (Å²) in [5.74, 6) is -0.380. The Morgan fingerprint density at radius 1 is 1.59 bits per heavy atom. The lowest BCUT2D eigenvalue weighted by molar-refractivity contribution is -0.142. The average molecular weight is 244 g/mol. The Labute approximate surface area is 98.7 Å². The first-order chi connectivity index (χ1) is 8.01. The quantitative estimate of drug-likeness (QED) is 0.762. The van der Waals surface area contributed by atoms with Crippen molar-refractivity contribution < 1.29 is 23.9 Å². The molecule has 1 N–H and O–H groups in total. The van der Waals surface area contributed by atoms with Crippen molar-refractivity contribution in [2.75, 3.05) is 13.7 Å². The molecule has 0 saturated carbocycles. The van der Waals surface area contributed by atoms with Crippen molar-refractivity contribution in [3.63, 3.8) is 0 Å². The van der Waals surface area contributed by atoms with E-state index in [1.54, 1.807) is 7.11 Å². The molecule has 1 aromatic heterocycles. The van der Waals surface area contributed by atoms with E-state index in [2.05, 4.69) is 10.1 Å². The fourth-order valence-electron chi connectivity index (χ4n) is 1.15. The first kappa shape index (κ1) is 13.6. The predicted octanol–water partition coefficient (Wildman–Crippen LogP) is 0.942. The van der Waals surface area contributed by atoms with Gasteiger partial charge in [0.25, 0.3) is 5.89 Å². The van der Waals surface area contributed by atoms with Crippen LogP contribution >= 0.6 is 0 Å². The third-order valence-corrected chi connectivity index (χ3v) is 2.52. The zero-order valence-electron chi connectivity index (χ0n) is 10.1. The van der Waals surface area contributed by atoms with Crippen LogP contribution in [0, 0.1) is 0 Å². The number of carbonyl (C=O) groups is 1. The molecule has 0 radical (unpaired) electrons. The molecule has 0 aliphatic heterocycles. The Hall–Kier alpha value is -1.47. The minimum Gasteiger partial charge on any atom is -0.480 e. The fourth-order valence-corrected chi connectivity index (χ4v) is 1.15. The van der Waals surface area contributed by atoms with E-state index < -0.39 is 18.2 Å². The molecule has 1 heterocycles. The van der Waals surface area contributed by atoms with Gasteiger partial charge in [-0.25, -0.2) is 4.79 Å². The molecule has 0 aliphatic rings. The zero-order valence-corrected chi connectivity index (χ0v) is 10.1. The molecule has 0 aromatic carbocycles. The highest BCUT2D eigenvalue weighted by Gasteiger charge is 2.29. The molecule has 1 aromatic rings. The van der Waals surface area contributed by atoms with Gasteiger partial charge in [-0.1, -0.05) is 12.1 Å². The molecule has 1 unspecified atom stereocenters. The molecule has 1 atom stereocenters. The Morgan fingerprint density at radius 2 is 2.29 bits per heavy atom. The van der Waals surface area contributed by atoms with Crippen molar-refractivity contribution in [3.05, 3.63) is 11.7 Å². The smallest absolute Gasteiger partial charge is 0.329 e. The number of carboxylic acids is 1. The van der Waals surface area contributed by atoms with E-state index in [0.29, 0.717) is 12.2 Å². The van der Waals surface area contributed by atoms with Gasteiger partial charge in [-0.3, -0.25) is 0 Å². The van der Waals surface area contributed by atoms with Crippen LogP contribution in [0.2, 0.25) is 0 Å². The van der Waals surface area contributed by atoms with Gasteiger partial charge in [-0.2, -0.15) is 4.98 Å². The number of rotatable bonds is 7. The number of nitrogens with zero attached hydrogens (tertiary/aromatic N) is 2. The van der Waals surface area contributed by atoms with E-state index in [9.17, 15) is 4.79 Å². The highest BCUT2D eigenvalue weighted by Crippen LogP contribution is 2.25. The second kappa shape index (κ2) is 5.74. The maximum absolute atomic E-state index is 10.2. The van der Waals surface area contributed by atoms with E-state index in [1.807, 2.05) is 13.8 Å². The van der Waals surface area contributed by atoms with Crippen LogP contribution in [-0.4, -0.2) is 34.9 Å². The molecule has 0 spiro atoms. The number of carboxylic acid groups (broad SMARTS) is 1. The second-order valence-corrected chi connectivity index (χ2v) is 3.69. The van der Waals surface area contributed by atoms with Crippen LogP contribution in [-0.2, 0) is 26.5 Å². The van der Waals surface area contributed by atoms with Crippen LogP contribution in [0.4, 0.5) is 0 Å². The van der Waals surface area contributed by atoms with Crippen LogP contribution in [0.25, 0.3) is 0 Å². The third kappa shape index (κ3) is 3.50. The molecule has 7 heteroatoms. The lowest BCUT2D eigenvalue weighted by atomic mass is 10.0. The van der Waals surface area contributed by atoms with Gasteiger partial charge < -0.3 is 19.1 Å². The molecular formula is C10H16N2O5. The van der Waals surface area contributed by atoms with Crippen molar-refractivity contribution >= 4 is 5.97 Å². The number of aliphatic carboxylic acids is 1. The number of methoxy groups -OCH3 is 1. The molecule has 17 heavy (non-hydrogen) atoms. The van der Waals surface area contributed by atoms with Gasteiger partial charge >= 0.3 is 5.97 Å². The van der Waals surface area contributed by atoms with Gasteiger partial charge in [0.15, 0.2) is 0 Å². The lowest BCUT2D eigenvalue weighted by Gasteiger charge is -2.21. The van der Waals surface area contributed by atoms with Gasteiger partial charge in [0.2, 0.25) is 5.82 Å². The summed E-state index contributed by atoms with van der Waals surface area (Å²) in [7, 11) is 1.57. The van der Waals surface area contributed by atoms with Gasteiger partial charge in [-0.15, -0.1) is 0 Å². The summed E-state index contributed by atoms with van der Waals surface area (Å²) < 4.78 is 15.1. The van der Waals surface area contributed by atoms with Crippen LogP contribution in [0.15, 0.2) is 4.52 Å². The van der Waals surface area contributed by atoms with E-state index in [4.69, 9.17) is 19.1 Å². The molecule has 0 aliphatic carbocycles. The first-order valence-corrected chi connectivity index (χ1v) is 5.19. The summed E-state index contributed by atoms with van der Waals surface area (Å²) in [4.78, 5) is 14.3. The van der Waals surface area contributed by atoms with Crippen LogP contribution in [0.1, 0.15) is 32.0 Å². The molecular weight excluding hydrogens is 228 g/mol. The van der Waals surface area contributed by atoms with E-state index in [-0.39, 0.29) is 12.5 Å². The summed E-state index contributed by atoms with van der Waals surface area (Å²) >= 11 is 0. The summed E-state index contributed by atoms with van der Waals surface area (Å²) in [6.07, 6.45) is 0.693. The van der Waals surface area contributed by atoms with E-state index >= 15 is 0 Å². The molecule has 0 bridgehead atoms. The Balaban J connectivity index is 2.61. The summed E-state index contributed by atoms with van der Waals surface area (Å²) in [5, 5.41) is 12.2. The number of aromatic nitrogens is 2. The van der Waals surface area contributed by atoms with Gasteiger partial charge in [0.05, 0.1) is 0 Å². The van der Waals surface area contributed by atoms with E-state index in [1.165, 1.54) is 0 Å². The largest absolute Gasteiger partial charge is 0.480 e. The number of ether oxygens (including phenoxy) is 2. The van der Waals surface area contributed by atoms with Crippen molar-refractivity contribution in [1.82, 2.24) is 10.1 Å². The maximum Gasteiger partial charge on any atom is 0.329 e. The lowest BCUT2D eigenvalue weighted by Crippen LogP contribution is -2.24. The number of hydrogen-bond acceptors (Lipinski definition) is 6. The average Bonchev–Trinajstić information content (AvgIpc) is 2.77. The minimum atomic E-state index is -1.04. The van der Waals surface area contributed by atoms with Crippen molar-refractivity contribution in [2.24, 2.45) is 0 Å². The SMILES string of the molecule is CCC(C)(OC)c1noc(COCC(=O)O)n1. The molecule has 0 saturated heterocycles. The monoisotopic (exact) mass is 244 g/mol. The molecule has 96 valence electrons. The summed E-state index contributed by atoms with van der Waals surface area (Å²) in [6.45, 7) is 3.37. The van der Waals surface area contributed by atoms with Gasteiger partial charge in [-0.05, 0) is 13.3 Å². The standard InChI is InChI=1S/C10H16N2O5/c1-4-10(2,15-3)9-11-7(17-12-9)5-16-6-8(13)14/h4-6H2,1-3H3,(H,13,14). The summed E-state index contributed by atoms with van der Waals surface area (Å²) in [5.41, 5.74) is -0.603. The molecule has 0 fully saturated rings. The van der Waals surface area contributed by atoms with Gasteiger partial charge in [0.1, 0.15) is 18.8 Å². The normalized spacial score (nSPS) is 14.5. The van der Waals surface area contributed by atoms with Gasteiger partial charge in [0, 0.05) is 7.11 Å². The number of hydrogen-bond donors (Lipinski definition) is 1. The van der Waals surface area contributed by atoms with Crippen LogP contribution in [0.3, 0.4) is 0 Å². The van der Waals surface area contributed by atoms with Crippen LogP contribution < -0.4 is 0 Å². The Morgan fingerprint density at radius 3 is 2.82 bits per heavy atom.